The standard InChI is InChI=1S/C18H17N3/c1-12-4-5-14(8-13(12)2)10-18-20-16-9-15(11-19)6-7-17(16)21(18)3/h4-9H,10H2,1-3H3. The molecule has 0 amide bonds. The van der Waals surface area contributed by atoms with E-state index in [1.165, 1.54) is 16.7 Å². The van der Waals surface area contributed by atoms with E-state index in [2.05, 4.69) is 47.7 Å². The molecule has 0 radical (unpaired) electrons. The lowest BCUT2D eigenvalue weighted by molar-refractivity contribution is 0.844. The van der Waals surface area contributed by atoms with Gasteiger partial charge in [0.1, 0.15) is 5.82 Å². The summed E-state index contributed by atoms with van der Waals surface area (Å²) < 4.78 is 2.10. The number of aromatic nitrogens is 2. The van der Waals surface area contributed by atoms with Gasteiger partial charge in [-0.1, -0.05) is 18.2 Å². The lowest BCUT2D eigenvalue weighted by atomic mass is 10.0. The fourth-order valence-corrected chi connectivity index (χ4v) is 2.57. The first kappa shape index (κ1) is 13.4. The van der Waals surface area contributed by atoms with Crippen molar-refractivity contribution in [2.75, 3.05) is 0 Å². The summed E-state index contributed by atoms with van der Waals surface area (Å²) in [7, 11) is 2.03. The molecule has 0 N–H and O–H groups in total. The molecule has 0 bridgehead atoms. The minimum atomic E-state index is 0.651. The summed E-state index contributed by atoms with van der Waals surface area (Å²) in [6, 6.07) is 14.3. The van der Waals surface area contributed by atoms with Gasteiger partial charge in [0, 0.05) is 13.5 Å². The first-order valence-corrected chi connectivity index (χ1v) is 7.00. The number of rotatable bonds is 2. The Morgan fingerprint density at radius 1 is 1.10 bits per heavy atom. The molecule has 104 valence electrons. The maximum Gasteiger partial charge on any atom is 0.114 e. The molecular formula is C18H17N3. The minimum absolute atomic E-state index is 0.651. The average Bonchev–Trinajstić information content (AvgIpc) is 2.79. The molecule has 0 saturated carbocycles. The molecular weight excluding hydrogens is 258 g/mol. The predicted molar refractivity (Wildman–Crippen MR) is 84.2 cm³/mol. The second-order valence-corrected chi connectivity index (χ2v) is 5.50. The van der Waals surface area contributed by atoms with Crippen molar-refractivity contribution in [1.82, 2.24) is 9.55 Å². The van der Waals surface area contributed by atoms with E-state index in [4.69, 9.17) is 5.26 Å². The van der Waals surface area contributed by atoms with Crippen LogP contribution in [0.3, 0.4) is 0 Å². The zero-order chi connectivity index (χ0) is 15.0. The van der Waals surface area contributed by atoms with E-state index in [0.29, 0.717) is 5.56 Å². The molecule has 3 heteroatoms. The number of imidazole rings is 1. The molecule has 0 spiro atoms. The molecule has 1 heterocycles. The maximum atomic E-state index is 8.98. The van der Waals surface area contributed by atoms with Crippen LogP contribution < -0.4 is 0 Å². The lowest BCUT2D eigenvalue weighted by Gasteiger charge is -2.06. The second-order valence-electron chi connectivity index (χ2n) is 5.50. The Morgan fingerprint density at radius 2 is 1.90 bits per heavy atom. The highest BCUT2D eigenvalue weighted by Gasteiger charge is 2.09. The summed E-state index contributed by atoms with van der Waals surface area (Å²) in [6.45, 7) is 4.25. The van der Waals surface area contributed by atoms with Crippen LogP contribution in [0.1, 0.15) is 28.1 Å². The summed E-state index contributed by atoms with van der Waals surface area (Å²) in [4.78, 5) is 4.68. The highest BCUT2D eigenvalue weighted by atomic mass is 15.1. The van der Waals surface area contributed by atoms with Crippen LogP contribution in [-0.2, 0) is 13.5 Å². The largest absolute Gasteiger partial charge is 0.331 e. The Morgan fingerprint density at radius 3 is 2.62 bits per heavy atom. The van der Waals surface area contributed by atoms with Crippen molar-refractivity contribution in [3.8, 4) is 6.07 Å². The zero-order valence-electron chi connectivity index (χ0n) is 12.5. The van der Waals surface area contributed by atoms with E-state index < -0.39 is 0 Å². The van der Waals surface area contributed by atoms with Gasteiger partial charge in [0.25, 0.3) is 0 Å². The quantitative estimate of drug-likeness (QED) is 0.716. The molecule has 0 fully saturated rings. The molecule has 0 unspecified atom stereocenters. The first-order chi connectivity index (χ1) is 10.1. The van der Waals surface area contributed by atoms with Crippen LogP contribution in [0.15, 0.2) is 36.4 Å². The molecule has 3 rings (SSSR count). The van der Waals surface area contributed by atoms with Crippen LogP contribution >= 0.6 is 0 Å². The fourth-order valence-electron chi connectivity index (χ4n) is 2.57. The first-order valence-electron chi connectivity index (χ1n) is 7.00. The highest BCUT2D eigenvalue weighted by molar-refractivity contribution is 5.77. The molecule has 2 aromatic carbocycles. The highest BCUT2D eigenvalue weighted by Crippen LogP contribution is 2.19. The minimum Gasteiger partial charge on any atom is -0.331 e. The van der Waals surface area contributed by atoms with Crippen molar-refractivity contribution in [2.45, 2.75) is 20.3 Å². The topological polar surface area (TPSA) is 41.6 Å². The van der Waals surface area contributed by atoms with Crippen molar-refractivity contribution in [3.63, 3.8) is 0 Å². The summed E-state index contributed by atoms with van der Waals surface area (Å²) >= 11 is 0. The normalized spacial score (nSPS) is 10.8. The molecule has 3 aromatic rings. The fraction of sp³-hybridized carbons (Fsp3) is 0.222. The molecule has 0 atom stereocenters. The summed E-state index contributed by atoms with van der Waals surface area (Å²) in [5, 5.41) is 8.98. The van der Waals surface area contributed by atoms with E-state index in [9.17, 15) is 0 Å². The summed E-state index contributed by atoms with van der Waals surface area (Å²) in [5.41, 5.74) is 6.47. The van der Waals surface area contributed by atoms with Crippen molar-refractivity contribution in [3.05, 3.63) is 64.5 Å². The van der Waals surface area contributed by atoms with Gasteiger partial charge in [0.05, 0.1) is 22.7 Å². The van der Waals surface area contributed by atoms with E-state index in [0.717, 1.165) is 23.3 Å². The third-order valence-corrected chi connectivity index (χ3v) is 4.04. The lowest BCUT2D eigenvalue weighted by Crippen LogP contribution is -1.99. The van der Waals surface area contributed by atoms with Gasteiger partial charge < -0.3 is 4.57 Å². The van der Waals surface area contributed by atoms with Crippen LogP contribution in [-0.4, -0.2) is 9.55 Å². The Kier molecular flexibility index (Phi) is 3.23. The van der Waals surface area contributed by atoms with Gasteiger partial charge in [-0.15, -0.1) is 0 Å². The molecule has 0 aliphatic rings. The van der Waals surface area contributed by atoms with Gasteiger partial charge >= 0.3 is 0 Å². The van der Waals surface area contributed by atoms with Gasteiger partial charge in [-0.05, 0) is 48.7 Å². The van der Waals surface area contributed by atoms with Gasteiger partial charge in [0.2, 0.25) is 0 Å². The maximum absolute atomic E-state index is 8.98. The molecule has 1 aromatic heterocycles. The smallest absolute Gasteiger partial charge is 0.114 e. The average molecular weight is 275 g/mol. The SMILES string of the molecule is Cc1ccc(Cc2nc3cc(C#N)ccc3n2C)cc1C. The second kappa shape index (κ2) is 5.06. The third kappa shape index (κ3) is 2.41. The van der Waals surface area contributed by atoms with Crippen LogP contribution in [0, 0.1) is 25.2 Å². The van der Waals surface area contributed by atoms with E-state index >= 15 is 0 Å². The number of nitriles is 1. The number of fused-ring (bicyclic) bond motifs is 1. The number of hydrogen-bond acceptors (Lipinski definition) is 2. The van der Waals surface area contributed by atoms with Crippen LogP contribution in [0.25, 0.3) is 11.0 Å². The molecule has 21 heavy (non-hydrogen) atoms. The van der Waals surface area contributed by atoms with Crippen molar-refractivity contribution >= 4 is 11.0 Å². The molecule has 0 saturated heterocycles. The monoisotopic (exact) mass is 275 g/mol. The van der Waals surface area contributed by atoms with Gasteiger partial charge in [-0.2, -0.15) is 5.26 Å². The van der Waals surface area contributed by atoms with E-state index in [1.807, 2.05) is 25.2 Å². The zero-order valence-corrected chi connectivity index (χ0v) is 12.5. The Balaban J connectivity index is 2.02. The van der Waals surface area contributed by atoms with Gasteiger partial charge in [-0.3, -0.25) is 0 Å². The molecule has 3 nitrogen and oxygen atoms in total. The van der Waals surface area contributed by atoms with Crippen LogP contribution in [0.2, 0.25) is 0 Å². The third-order valence-electron chi connectivity index (χ3n) is 4.04. The van der Waals surface area contributed by atoms with Gasteiger partial charge in [0.15, 0.2) is 0 Å². The van der Waals surface area contributed by atoms with Crippen molar-refractivity contribution < 1.29 is 0 Å². The molecule has 0 aliphatic heterocycles. The van der Waals surface area contributed by atoms with Gasteiger partial charge in [-0.25, -0.2) is 4.98 Å². The van der Waals surface area contributed by atoms with Crippen LogP contribution in [0.4, 0.5) is 0 Å². The Bertz CT molecular complexity index is 866. The van der Waals surface area contributed by atoms with E-state index in [-0.39, 0.29) is 0 Å². The van der Waals surface area contributed by atoms with Crippen molar-refractivity contribution in [1.29, 1.82) is 5.26 Å². The predicted octanol–water partition coefficient (Wildman–Crippen LogP) is 3.65. The number of aryl methyl sites for hydroxylation is 3. The van der Waals surface area contributed by atoms with E-state index in [1.54, 1.807) is 0 Å². The Labute approximate surface area is 124 Å². The Hall–Kier alpha value is -2.60. The summed E-state index contributed by atoms with van der Waals surface area (Å²) in [6.07, 6.45) is 0.800. The number of hydrogen-bond donors (Lipinski definition) is 0. The van der Waals surface area contributed by atoms with Crippen molar-refractivity contribution in [2.24, 2.45) is 7.05 Å². The number of nitrogens with zero attached hydrogens (tertiary/aromatic N) is 3. The molecule has 0 aliphatic carbocycles. The number of benzene rings is 2. The van der Waals surface area contributed by atoms with Crippen LogP contribution in [0.5, 0.6) is 0 Å². The summed E-state index contributed by atoms with van der Waals surface area (Å²) in [5.74, 6) is 1.02.